The van der Waals surface area contributed by atoms with Gasteiger partial charge in [0.1, 0.15) is 12.0 Å². The fourth-order valence-electron chi connectivity index (χ4n) is 0.827. The van der Waals surface area contributed by atoms with Gasteiger partial charge in [-0.15, -0.1) is 0 Å². The molecule has 0 spiro atoms. The number of aliphatic carboxylic acids is 2. The number of carbonyl (C=O) groups excluding carboxylic acids is 2. The van der Waals surface area contributed by atoms with E-state index in [1.54, 1.807) is 0 Å². The lowest BCUT2D eigenvalue weighted by Crippen LogP contribution is -2.73. The number of halogens is 1. The molecular formula is C7H13FN2O4. The van der Waals surface area contributed by atoms with E-state index in [0.29, 0.717) is 0 Å². The van der Waals surface area contributed by atoms with Crippen molar-refractivity contribution in [2.75, 3.05) is 0 Å². The Morgan fingerprint density at radius 3 is 2.00 bits per heavy atom. The highest BCUT2D eigenvalue weighted by Gasteiger charge is 2.23. The van der Waals surface area contributed by atoms with Gasteiger partial charge in [-0.05, 0) is 6.42 Å². The van der Waals surface area contributed by atoms with E-state index in [4.69, 9.17) is 0 Å². The first-order valence-electron chi connectivity index (χ1n) is 4.08. The van der Waals surface area contributed by atoms with Crippen LogP contribution in [0.3, 0.4) is 0 Å². The molecule has 0 aromatic heterocycles. The second kappa shape index (κ2) is 5.51. The smallest absolute Gasteiger partial charge is 0.157 e. The van der Waals surface area contributed by atoms with Gasteiger partial charge in [0, 0.05) is 6.42 Å². The van der Waals surface area contributed by atoms with Gasteiger partial charge in [-0.2, -0.15) is 0 Å². The average molecular weight is 208 g/mol. The normalized spacial score (nSPS) is 17.1. The molecule has 0 heterocycles. The van der Waals surface area contributed by atoms with E-state index >= 15 is 0 Å². The van der Waals surface area contributed by atoms with Gasteiger partial charge in [-0.25, -0.2) is 4.39 Å². The van der Waals surface area contributed by atoms with Crippen LogP contribution in [0.4, 0.5) is 4.39 Å². The molecule has 0 aliphatic rings. The molecule has 0 amide bonds. The van der Waals surface area contributed by atoms with Crippen LogP contribution >= 0.6 is 0 Å². The van der Waals surface area contributed by atoms with Crippen molar-refractivity contribution < 1.29 is 35.7 Å². The Morgan fingerprint density at radius 1 is 1.14 bits per heavy atom. The summed E-state index contributed by atoms with van der Waals surface area (Å²) in [5.41, 5.74) is 6.24. The molecule has 6 N–H and O–H groups in total. The molecule has 0 rings (SSSR count). The molecule has 0 fully saturated rings. The van der Waals surface area contributed by atoms with E-state index in [9.17, 15) is 24.2 Å². The summed E-state index contributed by atoms with van der Waals surface area (Å²) in [4.78, 5) is 20.3. The SMILES string of the molecule is [NH3+][C@H](C(=O)[O-])[C@@H](F)CC[C@H]([NH3+])C(=O)[O-]. The second-order valence-corrected chi connectivity index (χ2v) is 3.03. The van der Waals surface area contributed by atoms with Gasteiger partial charge < -0.3 is 31.3 Å². The molecule has 0 bridgehead atoms. The van der Waals surface area contributed by atoms with Crippen LogP contribution < -0.4 is 21.7 Å². The minimum absolute atomic E-state index is 0.0806. The van der Waals surface area contributed by atoms with Crippen LogP contribution in [0.1, 0.15) is 12.8 Å². The highest BCUT2D eigenvalue weighted by Crippen LogP contribution is 2.05. The molecule has 7 heteroatoms. The maximum absolute atomic E-state index is 12.9. The van der Waals surface area contributed by atoms with Crippen LogP contribution in [0, 0.1) is 0 Å². The van der Waals surface area contributed by atoms with E-state index in [1.165, 1.54) is 0 Å². The Morgan fingerprint density at radius 2 is 1.64 bits per heavy atom. The summed E-state index contributed by atoms with van der Waals surface area (Å²) in [5, 5.41) is 20.3. The molecule has 0 unspecified atom stereocenters. The number of alkyl halides is 1. The van der Waals surface area contributed by atoms with E-state index in [0.717, 1.165) is 0 Å². The van der Waals surface area contributed by atoms with Crippen molar-refractivity contribution in [3.63, 3.8) is 0 Å². The van der Waals surface area contributed by atoms with E-state index in [2.05, 4.69) is 11.5 Å². The number of carbonyl (C=O) groups is 2. The Labute approximate surface area is 79.7 Å². The minimum atomic E-state index is -1.72. The molecule has 0 aliphatic heterocycles. The first kappa shape index (κ1) is 12.8. The van der Waals surface area contributed by atoms with Gasteiger partial charge >= 0.3 is 0 Å². The lowest BCUT2D eigenvalue weighted by atomic mass is 10.0. The topological polar surface area (TPSA) is 136 Å². The van der Waals surface area contributed by atoms with E-state index < -0.39 is 30.2 Å². The Balaban J connectivity index is 3.90. The van der Waals surface area contributed by atoms with Crippen molar-refractivity contribution in [1.82, 2.24) is 0 Å². The molecule has 0 aromatic carbocycles. The van der Waals surface area contributed by atoms with Gasteiger partial charge in [-0.1, -0.05) is 0 Å². The number of hydrogen-bond donors (Lipinski definition) is 2. The molecule has 14 heavy (non-hydrogen) atoms. The third kappa shape index (κ3) is 4.15. The summed E-state index contributed by atoms with van der Waals surface area (Å²) >= 11 is 0. The number of rotatable bonds is 6. The summed E-state index contributed by atoms with van der Waals surface area (Å²) in [6.45, 7) is 0. The molecule has 0 aliphatic carbocycles. The zero-order valence-corrected chi connectivity index (χ0v) is 7.57. The maximum atomic E-state index is 12.9. The average Bonchev–Trinajstić information content (AvgIpc) is 2.11. The fourth-order valence-corrected chi connectivity index (χ4v) is 0.827. The molecule has 0 saturated carbocycles. The summed E-state index contributed by atoms with van der Waals surface area (Å²) in [7, 11) is 0. The van der Waals surface area contributed by atoms with Crippen molar-refractivity contribution in [2.45, 2.75) is 31.1 Å². The fraction of sp³-hybridized carbons (Fsp3) is 0.714. The van der Waals surface area contributed by atoms with E-state index in [-0.39, 0.29) is 12.8 Å². The second-order valence-electron chi connectivity index (χ2n) is 3.03. The monoisotopic (exact) mass is 208 g/mol. The van der Waals surface area contributed by atoms with Crippen molar-refractivity contribution in [1.29, 1.82) is 0 Å². The van der Waals surface area contributed by atoms with E-state index in [1.807, 2.05) is 0 Å². The summed E-state index contributed by atoms with van der Waals surface area (Å²) in [6.07, 6.45) is -2.03. The van der Waals surface area contributed by atoms with Crippen LogP contribution in [0.15, 0.2) is 0 Å². The maximum Gasteiger partial charge on any atom is 0.157 e. The molecule has 82 valence electrons. The first-order valence-corrected chi connectivity index (χ1v) is 4.08. The lowest BCUT2D eigenvalue weighted by molar-refractivity contribution is -0.451. The summed E-state index contributed by atoms with van der Waals surface area (Å²) in [5.74, 6) is -2.97. The number of carboxylic acid groups (broad SMARTS) is 2. The quantitative estimate of drug-likeness (QED) is 0.451. The van der Waals surface area contributed by atoms with Crippen LogP contribution in [0.25, 0.3) is 0 Å². The summed E-state index contributed by atoms with van der Waals surface area (Å²) < 4.78 is 12.9. The van der Waals surface area contributed by atoms with Gasteiger partial charge in [0.05, 0.1) is 5.97 Å². The third-order valence-electron chi connectivity index (χ3n) is 1.86. The van der Waals surface area contributed by atoms with Crippen LogP contribution in [-0.4, -0.2) is 30.2 Å². The Hall–Kier alpha value is -1.21. The molecule has 0 radical (unpaired) electrons. The molecule has 3 atom stereocenters. The van der Waals surface area contributed by atoms with Gasteiger partial charge in [0.25, 0.3) is 0 Å². The first-order chi connectivity index (χ1) is 6.36. The van der Waals surface area contributed by atoms with Crippen LogP contribution in [0.2, 0.25) is 0 Å². The number of carboxylic acids is 2. The predicted octanol–water partition coefficient (Wildman–Crippen LogP) is -5.17. The molecule has 0 aromatic rings. The van der Waals surface area contributed by atoms with Crippen molar-refractivity contribution in [2.24, 2.45) is 0 Å². The molecule has 0 saturated heterocycles. The lowest BCUT2D eigenvalue weighted by Gasteiger charge is -2.15. The van der Waals surface area contributed by atoms with Crippen molar-refractivity contribution in [3.05, 3.63) is 0 Å². The Kier molecular flexibility index (Phi) is 5.03. The predicted molar refractivity (Wildman–Crippen MR) is 37.5 cm³/mol. The third-order valence-corrected chi connectivity index (χ3v) is 1.86. The molecular weight excluding hydrogens is 195 g/mol. The highest BCUT2D eigenvalue weighted by atomic mass is 19.1. The number of quaternary nitrogens is 2. The van der Waals surface area contributed by atoms with Gasteiger partial charge in [-0.3, -0.25) is 0 Å². The van der Waals surface area contributed by atoms with Crippen molar-refractivity contribution in [3.8, 4) is 0 Å². The van der Waals surface area contributed by atoms with Crippen molar-refractivity contribution >= 4 is 11.9 Å². The van der Waals surface area contributed by atoms with Crippen LogP contribution in [0.5, 0.6) is 0 Å². The highest BCUT2D eigenvalue weighted by molar-refractivity contribution is 5.70. The minimum Gasteiger partial charge on any atom is -0.544 e. The zero-order valence-electron chi connectivity index (χ0n) is 7.57. The summed E-state index contributed by atoms with van der Waals surface area (Å²) in [6, 6.07) is -2.52. The number of hydrogen-bond acceptors (Lipinski definition) is 4. The van der Waals surface area contributed by atoms with Crippen LogP contribution in [-0.2, 0) is 9.59 Å². The standard InChI is InChI=1S/C7H13FN2O4/c8-3(5(10)7(13)14)1-2-4(9)6(11)12/h3-5H,1-2,9-10H2,(H,11,12)(H,13,14)/t3-,4-,5-/m0/s1. The van der Waals surface area contributed by atoms with Gasteiger partial charge in [0.15, 0.2) is 12.2 Å². The van der Waals surface area contributed by atoms with Gasteiger partial charge in [0.2, 0.25) is 0 Å². The zero-order chi connectivity index (χ0) is 11.3. The Bertz CT molecular complexity index is 224. The molecule has 6 nitrogen and oxygen atoms in total. The largest absolute Gasteiger partial charge is 0.544 e.